The molecule has 1 aliphatic heterocycles. The van der Waals surface area contributed by atoms with Crippen LogP contribution in [-0.2, 0) is 11.3 Å². The quantitative estimate of drug-likeness (QED) is 0.358. The van der Waals surface area contributed by atoms with Gasteiger partial charge in [-0.05, 0) is 37.1 Å². The van der Waals surface area contributed by atoms with Gasteiger partial charge in [-0.15, -0.1) is 10.2 Å². The van der Waals surface area contributed by atoms with Crippen molar-refractivity contribution in [1.29, 1.82) is 0 Å². The molecule has 2 heterocycles. The molecule has 1 aromatic heterocycles. The minimum Gasteiger partial charge on any atom is -0.497 e. The predicted octanol–water partition coefficient (Wildman–Crippen LogP) is 4.87. The van der Waals surface area contributed by atoms with Crippen molar-refractivity contribution in [3.8, 4) is 5.75 Å². The maximum atomic E-state index is 13.1. The van der Waals surface area contributed by atoms with Crippen molar-refractivity contribution < 1.29 is 14.3 Å². The molecule has 3 amide bonds. The number of anilines is 2. The molecule has 2 fully saturated rings. The van der Waals surface area contributed by atoms with Crippen molar-refractivity contribution in [2.45, 2.75) is 49.8 Å². The van der Waals surface area contributed by atoms with Crippen LogP contribution in [0, 0.1) is 0 Å². The van der Waals surface area contributed by atoms with Crippen LogP contribution in [0.3, 0.4) is 0 Å². The first-order valence-corrected chi connectivity index (χ1v) is 14.9. The third-order valence-electron chi connectivity index (χ3n) is 7.46. The Kier molecular flexibility index (Phi) is 9.43. The zero-order valence-electron chi connectivity index (χ0n) is 22.9. The molecule has 5 rings (SSSR count). The van der Waals surface area contributed by atoms with E-state index in [1.807, 2.05) is 59.5 Å². The zero-order chi connectivity index (χ0) is 27.7. The first-order valence-electron chi connectivity index (χ1n) is 13.9. The van der Waals surface area contributed by atoms with E-state index in [1.165, 1.54) is 31.0 Å². The first kappa shape index (κ1) is 27.8. The number of urea groups is 1. The van der Waals surface area contributed by atoms with Crippen LogP contribution in [0.5, 0.6) is 5.75 Å². The number of nitrogens with zero attached hydrogens (tertiary/aromatic N) is 5. The Morgan fingerprint density at radius 3 is 2.40 bits per heavy atom. The van der Waals surface area contributed by atoms with E-state index in [0.29, 0.717) is 44.5 Å². The second-order valence-electron chi connectivity index (χ2n) is 10.1. The molecule has 0 atom stereocenters. The normalized spacial score (nSPS) is 16.0. The topological polar surface area (TPSA) is 105 Å². The number of para-hydroxylation sites is 1. The molecule has 10 nitrogen and oxygen atoms in total. The Hall–Kier alpha value is -3.73. The summed E-state index contributed by atoms with van der Waals surface area (Å²) in [5.74, 6) is 2.03. The van der Waals surface area contributed by atoms with E-state index in [-0.39, 0.29) is 11.9 Å². The molecule has 40 heavy (non-hydrogen) atoms. The largest absolute Gasteiger partial charge is 0.497 e. The van der Waals surface area contributed by atoms with E-state index >= 15 is 0 Å². The second kappa shape index (κ2) is 13.6. The summed E-state index contributed by atoms with van der Waals surface area (Å²) in [5, 5.41) is 16.2. The van der Waals surface area contributed by atoms with Gasteiger partial charge in [0.25, 0.3) is 0 Å². The smallest absolute Gasteiger partial charge is 0.321 e. The number of nitrogens with one attached hydrogen (secondary N) is 2. The van der Waals surface area contributed by atoms with Gasteiger partial charge in [-0.1, -0.05) is 55.3 Å². The van der Waals surface area contributed by atoms with Crippen LogP contribution in [-0.4, -0.2) is 75.5 Å². The van der Waals surface area contributed by atoms with Crippen molar-refractivity contribution in [2.24, 2.45) is 0 Å². The summed E-state index contributed by atoms with van der Waals surface area (Å²) in [6.45, 7) is 2.60. The number of hydrogen-bond donors (Lipinski definition) is 2. The number of carbonyl (C=O) groups is 2. The van der Waals surface area contributed by atoms with Gasteiger partial charge in [0.2, 0.25) is 5.91 Å². The molecule has 1 saturated heterocycles. The van der Waals surface area contributed by atoms with Crippen molar-refractivity contribution in [3.05, 3.63) is 60.4 Å². The lowest BCUT2D eigenvalue weighted by Crippen LogP contribution is -2.52. The molecule has 1 aliphatic carbocycles. The Balaban J connectivity index is 1.17. The van der Waals surface area contributed by atoms with Crippen LogP contribution in [0.15, 0.2) is 59.8 Å². The van der Waals surface area contributed by atoms with Crippen molar-refractivity contribution in [1.82, 2.24) is 24.6 Å². The van der Waals surface area contributed by atoms with E-state index in [9.17, 15) is 9.59 Å². The van der Waals surface area contributed by atoms with Crippen LogP contribution in [0.25, 0.3) is 0 Å². The number of ether oxygens (including phenoxy) is 1. The molecule has 2 aliphatic rings. The molecule has 1 saturated carbocycles. The number of aromatic nitrogens is 3. The third-order valence-corrected chi connectivity index (χ3v) is 8.39. The minimum atomic E-state index is -0.136. The van der Waals surface area contributed by atoms with Gasteiger partial charge < -0.3 is 29.7 Å². The van der Waals surface area contributed by atoms with E-state index in [0.717, 1.165) is 40.9 Å². The molecular weight excluding hydrogens is 526 g/mol. The number of thioether (sulfide) groups is 1. The highest BCUT2D eigenvalue weighted by Crippen LogP contribution is 2.33. The standard InChI is InChI=1S/C29H37N7O3S/c1-39-25-14-8-11-23(19-25)30-20-26-32-33-29(36(26)24-12-6-3-7-13-24)40-21-27(37)34-15-17-35(18-16-34)28(38)31-22-9-4-2-5-10-22/h2,4-5,8-11,14,19,24,30H,3,6-7,12-13,15-18,20-21H2,1H3,(H,31,38). The molecule has 3 aromatic rings. The van der Waals surface area contributed by atoms with Crippen LogP contribution in [0.4, 0.5) is 16.2 Å². The van der Waals surface area contributed by atoms with E-state index in [2.05, 4.69) is 25.4 Å². The van der Waals surface area contributed by atoms with E-state index in [1.54, 1.807) is 12.0 Å². The average Bonchev–Trinajstić information content (AvgIpc) is 3.42. The van der Waals surface area contributed by atoms with Gasteiger partial charge in [0.05, 0.1) is 19.4 Å². The van der Waals surface area contributed by atoms with Crippen LogP contribution >= 0.6 is 11.8 Å². The molecule has 0 radical (unpaired) electrons. The SMILES string of the molecule is COc1cccc(NCc2nnc(SCC(=O)N3CCN(C(=O)Nc4ccccc4)CC3)n2C2CCCCC2)c1. The van der Waals surface area contributed by atoms with Gasteiger partial charge in [0.15, 0.2) is 11.0 Å². The molecule has 2 aromatic carbocycles. The molecule has 2 N–H and O–H groups in total. The maximum absolute atomic E-state index is 13.1. The van der Waals surface area contributed by atoms with Crippen molar-refractivity contribution in [3.63, 3.8) is 0 Å². The lowest BCUT2D eigenvalue weighted by atomic mass is 9.95. The lowest BCUT2D eigenvalue weighted by Gasteiger charge is -2.34. The summed E-state index contributed by atoms with van der Waals surface area (Å²) >= 11 is 1.46. The molecule has 0 bridgehead atoms. The van der Waals surface area contributed by atoms with Gasteiger partial charge in [0.1, 0.15) is 5.75 Å². The zero-order valence-corrected chi connectivity index (χ0v) is 23.7. The molecule has 212 valence electrons. The highest BCUT2D eigenvalue weighted by atomic mass is 32.2. The van der Waals surface area contributed by atoms with Gasteiger partial charge in [0, 0.05) is 49.7 Å². The summed E-state index contributed by atoms with van der Waals surface area (Å²) in [7, 11) is 1.66. The van der Waals surface area contributed by atoms with Gasteiger partial charge >= 0.3 is 6.03 Å². The fraction of sp³-hybridized carbons (Fsp3) is 0.448. The van der Waals surface area contributed by atoms with Gasteiger partial charge in [-0.25, -0.2) is 4.79 Å². The summed E-state index contributed by atoms with van der Waals surface area (Å²) in [6.07, 6.45) is 5.83. The van der Waals surface area contributed by atoms with Crippen LogP contribution in [0.2, 0.25) is 0 Å². The molecule has 0 unspecified atom stereocenters. The molecule has 0 spiro atoms. The number of amides is 3. The second-order valence-corrected chi connectivity index (χ2v) is 11.0. The highest BCUT2D eigenvalue weighted by Gasteiger charge is 2.27. The summed E-state index contributed by atoms with van der Waals surface area (Å²) in [6, 6.07) is 17.5. The Labute approximate surface area is 239 Å². The fourth-order valence-corrected chi connectivity index (χ4v) is 6.17. The number of carbonyl (C=O) groups excluding carboxylic acids is 2. The third kappa shape index (κ3) is 7.07. The number of piperazine rings is 1. The number of methoxy groups -OCH3 is 1. The minimum absolute atomic E-state index is 0.0577. The summed E-state index contributed by atoms with van der Waals surface area (Å²) < 4.78 is 7.59. The van der Waals surface area contributed by atoms with Crippen molar-refractivity contribution in [2.75, 3.05) is 49.7 Å². The Morgan fingerprint density at radius 2 is 1.65 bits per heavy atom. The maximum Gasteiger partial charge on any atom is 0.321 e. The number of rotatable bonds is 9. The number of benzene rings is 2. The Bertz CT molecular complexity index is 1270. The van der Waals surface area contributed by atoms with Crippen molar-refractivity contribution >= 4 is 35.1 Å². The monoisotopic (exact) mass is 563 g/mol. The number of hydrogen-bond acceptors (Lipinski definition) is 7. The molecular formula is C29H37N7O3S. The van der Waals surface area contributed by atoms with Crippen LogP contribution in [0.1, 0.15) is 44.0 Å². The van der Waals surface area contributed by atoms with Gasteiger partial charge in [-0.3, -0.25) is 4.79 Å². The first-order chi connectivity index (χ1) is 19.6. The van der Waals surface area contributed by atoms with Gasteiger partial charge in [-0.2, -0.15) is 0 Å². The lowest BCUT2D eigenvalue weighted by molar-refractivity contribution is -0.129. The summed E-state index contributed by atoms with van der Waals surface area (Å²) in [5.41, 5.74) is 1.72. The fourth-order valence-electron chi connectivity index (χ4n) is 5.25. The molecule has 11 heteroatoms. The summed E-state index contributed by atoms with van der Waals surface area (Å²) in [4.78, 5) is 29.3. The highest BCUT2D eigenvalue weighted by molar-refractivity contribution is 7.99. The van der Waals surface area contributed by atoms with Crippen LogP contribution < -0.4 is 15.4 Å². The Morgan fingerprint density at radius 1 is 0.925 bits per heavy atom. The average molecular weight is 564 g/mol. The van der Waals surface area contributed by atoms with E-state index < -0.39 is 0 Å². The van der Waals surface area contributed by atoms with E-state index in [4.69, 9.17) is 4.74 Å². The predicted molar refractivity (Wildman–Crippen MR) is 157 cm³/mol.